The van der Waals surface area contributed by atoms with Crippen molar-refractivity contribution in [3.05, 3.63) is 107 Å². The fourth-order valence-electron chi connectivity index (χ4n) is 4.18. The van der Waals surface area contributed by atoms with Gasteiger partial charge in [-0.25, -0.2) is 0 Å². The van der Waals surface area contributed by atoms with E-state index in [0.29, 0.717) is 9.23 Å². The van der Waals surface area contributed by atoms with Gasteiger partial charge in [-0.3, -0.25) is 9.69 Å². The number of thioether (sulfide) groups is 1. The highest BCUT2D eigenvalue weighted by atomic mass is 32.2. The van der Waals surface area contributed by atoms with E-state index in [9.17, 15) is 4.79 Å². The maximum absolute atomic E-state index is 13.2. The maximum Gasteiger partial charge on any atom is 0.270 e. The number of aryl methyl sites for hydroxylation is 1. The number of hydrogen-bond acceptors (Lipinski definition) is 3. The van der Waals surface area contributed by atoms with Crippen LogP contribution in [0.3, 0.4) is 0 Å². The van der Waals surface area contributed by atoms with Gasteiger partial charge in [-0.05, 0) is 35.8 Å². The highest BCUT2D eigenvalue weighted by Gasteiger charge is 2.33. The van der Waals surface area contributed by atoms with Crippen LogP contribution in [0.4, 0.5) is 5.69 Å². The zero-order valence-corrected chi connectivity index (χ0v) is 19.3. The molecule has 0 unspecified atom stereocenters. The van der Waals surface area contributed by atoms with Crippen LogP contribution in [0.1, 0.15) is 23.6 Å². The van der Waals surface area contributed by atoms with Crippen LogP contribution in [0.15, 0.2) is 90.0 Å². The quantitative estimate of drug-likeness (QED) is 0.249. The lowest BCUT2D eigenvalue weighted by molar-refractivity contribution is -0.113. The van der Waals surface area contributed by atoms with E-state index in [2.05, 4.69) is 60.2 Å². The van der Waals surface area contributed by atoms with E-state index in [0.717, 1.165) is 29.6 Å². The van der Waals surface area contributed by atoms with Crippen LogP contribution in [0.25, 0.3) is 17.0 Å². The lowest BCUT2D eigenvalue weighted by Crippen LogP contribution is -2.27. The summed E-state index contributed by atoms with van der Waals surface area (Å²) in [7, 11) is 0. The van der Waals surface area contributed by atoms with Crippen molar-refractivity contribution in [2.45, 2.75) is 19.9 Å². The summed E-state index contributed by atoms with van der Waals surface area (Å²) in [4.78, 5) is 15.5. The molecule has 0 atom stereocenters. The first-order chi connectivity index (χ1) is 15.7. The Morgan fingerprint density at radius 1 is 0.938 bits per heavy atom. The third-order valence-electron chi connectivity index (χ3n) is 5.68. The zero-order chi connectivity index (χ0) is 22.1. The third kappa shape index (κ3) is 3.78. The zero-order valence-electron chi connectivity index (χ0n) is 17.7. The highest BCUT2D eigenvalue weighted by molar-refractivity contribution is 8.27. The van der Waals surface area contributed by atoms with Crippen molar-refractivity contribution in [3.63, 3.8) is 0 Å². The van der Waals surface area contributed by atoms with Gasteiger partial charge in [0.2, 0.25) is 0 Å². The van der Waals surface area contributed by atoms with E-state index in [1.165, 1.54) is 28.4 Å². The van der Waals surface area contributed by atoms with Gasteiger partial charge in [-0.15, -0.1) is 0 Å². The molecule has 2 heterocycles. The predicted octanol–water partition coefficient (Wildman–Crippen LogP) is 6.66. The molecule has 158 valence electrons. The molecule has 0 bridgehead atoms. The fraction of sp³-hybridized carbons (Fsp3) is 0.111. The fourth-order valence-corrected chi connectivity index (χ4v) is 5.47. The molecule has 5 heteroatoms. The summed E-state index contributed by atoms with van der Waals surface area (Å²) in [6.45, 7) is 2.96. The van der Waals surface area contributed by atoms with Gasteiger partial charge in [0.1, 0.15) is 0 Å². The summed E-state index contributed by atoms with van der Waals surface area (Å²) in [6.07, 6.45) is 5.10. The van der Waals surface area contributed by atoms with Gasteiger partial charge in [-0.2, -0.15) is 0 Å². The number of anilines is 1. The number of hydrogen-bond donors (Lipinski definition) is 0. The van der Waals surface area contributed by atoms with Crippen LogP contribution in [-0.4, -0.2) is 14.8 Å². The molecule has 3 nitrogen and oxygen atoms in total. The van der Waals surface area contributed by atoms with Crippen LogP contribution in [0, 0.1) is 0 Å². The molecule has 1 amide bonds. The third-order valence-corrected chi connectivity index (χ3v) is 6.99. The van der Waals surface area contributed by atoms with E-state index in [1.807, 2.05) is 42.5 Å². The normalized spacial score (nSPS) is 15.3. The van der Waals surface area contributed by atoms with E-state index >= 15 is 0 Å². The van der Waals surface area contributed by atoms with Gasteiger partial charge < -0.3 is 4.57 Å². The molecule has 3 aromatic carbocycles. The lowest BCUT2D eigenvalue weighted by Gasteiger charge is -2.13. The minimum Gasteiger partial charge on any atom is -0.342 e. The Morgan fingerprint density at radius 3 is 2.38 bits per heavy atom. The molecular weight excluding hydrogens is 432 g/mol. The van der Waals surface area contributed by atoms with Crippen LogP contribution in [0.2, 0.25) is 0 Å². The number of amides is 1. The Labute approximate surface area is 197 Å². The molecule has 1 aliphatic rings. The summed E-state index contributed by atoms with van der Waals surface area (Å²) in [5.74, 6) is -0.0678. The van der Waals surface area contributed by atoms with Crippen molar-refractivity contribution in [2.24, 2.45) is 0 Å². The Hall–Kier alpha value is -3.15. The summed E-state index contributed by atoms with van der Waals surface area (Å²) < 4.78 is 2.86. The number of thiocarbonyl (C=S) groups is 1. The largest absolute Gasteiger partial charge is 0.342 e. The van der Waals surface area contributed by atoms with Crippen molar-refractivity contribution in [1.29, 1.82) is 0 Å². The topological polar surface area (TPSA) is 25.2 Å². The number of aromatic nitrogens is 1. The number of rotatable bonds is 5. The number of nitrogens with zero attached hydrogens (tertiary/aromatic N) is 2. The minimum absolute atomic E-state index is 0.0678. The maximum atomic E-state index is 13.2. The second-order valence-electron chi connectivity index (χ2n) is 7.72. The minimum atomic E-state index is -0.0678. The molecule has 5 rings (SSSR count). The van der Waals surface area contributed by atoms with E-state index in [-0.39, 0.29) is 5.91 Å². The van der Waals surface area contributed by atoms with Crippen molar-refractivity contribution >= 4 is 56.9 Å². The number of para-hydroxylation sites is 2. The van der Waals surface area contributed by atoms with Gasteiger partial charge in [0.15, 0.2) is 4.32 Å². The van der Waals surface area contributed by atoms with Crippen molar-refractivity contribution in [1.82, 2.24) is 4.57 Å². The molecule has 1 aliphatic heterocycles. The number of carbonyl (C=O) groups excluding carboxylic acids is 1. The molecule has 1 saturated heterocycles. The molecule has 4 aromatic rings. The van der Waals surface area contributed by atoms with Crippen LogP contribution in [0.5, 0.6) is 0 Å². The van der Waals surface area contributed by atoms with Crippen molar-refractivity contribution in [3.8, 4) is 0 Å². The van der Waals surface area contributed by atoms with Crippen LogP contribution >= 0.6 is 24.0 Å². The van der Waals surface area contributed by atoms with Crippen molar-refractivity contribution < 1.29 is 4.79 Å². The summed E-state index contributed by atoms with van der Waals surface area (Å²) in [5, 5.41) is 1.16. The average Bonchev–Trinajstić information content (AvgIpc) is 3.31. The summed E-state index contributed by atoms with van der Waals surface area (Å²) in [5.41, 5.74) is 5.62. The molecule has 0 aliphatic carbocycles. The molecule has 0 spiro atoms. The van der Waals surface area contributed by atoms with Crippen molar-refractivity contribution in [2.75, 3.05) is 4.90 Å². The van der Waals surface area contributed by atoms with Crippen LogP contribution in [-0.2, 0) is 17.8 Å². The average molecular weight is 455 g/mol. The summed E-state index contributed by atoms with van der Waals surface area (Å²) in [6, 6.07) is 26.5. The standard InChI is InChI=1S/C27H22N2OS2/c1-2-20-12-9-15-23-21(18-28(25(20)23)17-19-10-5-3-6-11-19)16-24-26(30)29(27(31)32-24)22-13-7-4-8-14-22/h3-16,18H,2,17H2,1H3/b24-16-. The first kappa shape index (κ1) is 20.7. The highest BCUT2D eigenvalue weighted by Crippen LogP contribution is 2.37. The summed E-state index contributed by atoms with van der Waals surface area (Å²) >= 11 is 6.91. The monoisotopic (exact) mass is 454 g/mol. The van der Waals surface area contributed by atoms with Gasteiger partial charge in [0.25, 0.3) is 5.91 Å². The van der Waals surface area contributed by atoms with E-state index < -0.39 is 0 Å². The molecule has 32 heavy (non-hydrogen) atoms. The Bertz CT molecular complexity index is 1340. The molecule has 0 N–H and O–H groups in total. The second kappa shape index (κ2) is 8.77. The van der Waals surface area contributed by atoms with Gasteiger partial charge in [-0.1, -0.05) is 97.6 Å². The lowest BCUT2D eigenvalue weighted by atomic mass is 10.1. The van der Waals surface area contributed by atoms with E-state index in [1.54, 1.807) is 4.90 Å². The first-order valence-corrected chi connectivity index (χ1v) is 11.9. The van der Waals surface area contributed by atoms with Gasteiger partial charge >= 0.3 is 0 Å². The Kier molecular flexibility index (Phi) is 5.68. The van der Waals surface area contributed by atoms with Gasteiger partial charge in [0, 0.05) is 23.7 Å². The number of carbonyl (C=O) groups is 1. The SMILES string of the molecule is CCc1cccc2c(/C=C3\SC(=S)N(c4ccccc4)C3=O)cn(Cc3ccccc3)c12. The second-order valence-corrected chi connectivity index (χ2v) is 9.39. The Balaban J connectivity index is 1.58. The first-order valence-electron chi connectivity index (χ1n) is 10.6. The van der Waals surface area contributed by atoms with Crippen LogP contribution < -0.4 is 4.90 Å². The number of fused-ring (bicyclic) bond motifs is 1. The molecule has 1 aromatic heterocycles. The van der Waals surface area contributed by atoms with E-state index in [4.69, 9.17) is 12.2 Å². The number of benzene rings is 3. The molecule has 0 radical (unpaired) electrons. The molecule has 1 fully saturated rings. The molecule has 0 saturated carbocycles. The smallest absolute Gasteiger partial charge is 0.270 e. The van der Waals surface area contributed by atoms with Gasteiger partial charge in [0.05, 0.1) is 16.1 Å². The Morgan fingerprint density at radius 2 is 1.66 bits per heavy atom. The molecular formula is C27H22N2OS2. The predicted molar refractivity (Wildman–Crippen MR) is 139 cm³/mol.